The standard InChI is InChI=1S/C32H29N3O5/c1-38-28-14-13-25-27(17-19-33-30(25)31(28)39-2)40-29-15-12-22(20-35-29)23(21-8-4-3-5-9-21)16-18-34-32(37)24-10-6-7-11-26(24)36/h3-15,17,19-20,23,36H,16,18H2,1-2H3,(H,34,37). The zero-order chi connectivity index (χ0) is 27.9. The molecule has 0 fully saturated rings. The number of hydrogen-bond acceptors (Lipinski definition) is 7. The van der Waals surface area contributed by atoms with Crippen LogP contribution in [0.4, 0.5) is 0 Å². The van der Waals surface area contributed by atoms with Gasteiger partial charge in [-0.1, -0.05) is 48.5 Å². The first-order chi connectivity index (χ1) is 19.6. The zero-order valence-electron chi connectivity index (χ0n) is 22.2. The molecule has 1 amide bonds. The largest absolute Gasteiger partial charge is 0.507 e. The van der Waals surface area contributed by atoms with Gasteiger partial charge in [-0.3, -0.25) is 9.78 Å². The molecule has 0 saturated heterocycles. The SMILES string of the molecule is COc1ccc2c(Oc3ccc(C(CCNC(=O)c4ccccc4O)c4ccccc4)cn3)ccnc2c1OC. The minimum atomic E-state index is -0.314. The van der Waals surface area contributed by atoms with Gasteiger partial charge in [0.05, 0.1) is 19.8 Å². The second-order valence-electron chi connectivity index (χ2n) is 9.06. The van der Waals surface area contributed by atoms with Gasteiger partial charge >= 0.3 is 0 Å². The van der Waals surface area contributed by atoms with Crippen molar-refractivity contribution in [3.63, 3.8) is 0 Å². The van der Waals surface area contributed by atoms with E-state index in [2.05, 4.69) is 27.4 Å². The number of phenolic OH excluding ortho intramolecular Hbond substituents is 1. The van der Waals surface area contributed by atoms with E-state index >= 15 is 0 Å². The molecule has 0 spiro atoms. The molecule has 0 saturated carbocycles. The monoisotopic (exact) mass is 535 g/mol. The van der Waals surface area contributed by atoms with Crippen LogP contribution in [-0.2, 0) is 0 Å². The van der Waals surface area contributed by atoms with Crippen LogP contribution in [0.5, 0.6) is 28.9 Å². The van der Waals surface area contributed by atoms with E-state index in [9.17, 15) is 9.90 Å². The molecule has 202 valence electrons. The van der Waals surface area contributed by atoms with Crippen molar-refractivity contribution < 1.29 is 24.1 Å². The summed E-state index contributed by atoms with van der Waals surface area (Å²) >= 11 is 0. The first-order valence-electron chi connectivity index (χ1n) is 12.8. The average Bonchev–Trinajstić information content (AvgIpc) is 3.00. The third-order valence-corrected chi connectivity index (χ3v) is 6.66. The summed E-state index contributed by atoms with van der Waals surface area (Å²) in [6.07, 6.45) is 4.09. The van der Waals surface area contributed by atoms with Crippen LogP contribution in [0.25, 0.3) is 10.9 Å². The Morgan fingerprint density at radius 2 is 1.65 bits per heavy atom. The van der Waals surface area contributed by atoms with Gasteiger partial charge in [0.1, 0.15) is 17.0 Å². The third-order valence-electron chi connectivity index (χ3n) is 6.66. The van der Waals surface area contributed by atoms with Crippen molar-refractivity contribution in [1.82, 2.24) is 15.3 Å². The summed E-state index contributed by atoms with van der Waals surface area (Å²) in [4.78, 5) is 21.6. The minimum Gasteiger partial charge on any atom is -0.507 e. The molecule has 2 aromatic heterocycles. The lowest BCUT2D eigenvalue weighted by Gasteiger charge is -2.19. The molecule has 1 atom stereocenters. The van der Waals surface area contributed by atoms with Crippen molar-refractivity contribution in [3.05, 3.63) is 114 Å². The van der Waals surface area contributed by atoms with Gasteiger partial charge < -0.3 is 24.6 Å². The predicted molar refractivity (Wildman–Crippen MR) is 152 cm³/mol. The molecule has 8 heteroatoms. The Bertz CT molecular complexity index is 1610. The van der Waals surface area contributed by atoms with Crippen molar-refractivity contribution in [2.24, 2.45) is 0 Å². The maximum Gasteiger partial charge on any atom is 0.255 e. The quantitative estimate of drug-likeness (QED) is 0.223. The highest BCUT2D eigenvalue weighted by Crippen LogP contribution is 2.38. The van der Waals surface area contributed by atoms with Gasteiger partial charge in [-0.15, -0.1) is 0 Å². The molecule has 0 radical (unpaired) electrons. The smallest absolute Gasteiger partial charge is 0.255 e. The van der Waals surface area contributed by atoms with E-state index in [0.717, 1.165) is 16.5 Å². The lowest BCUT2D eigenvalue weighted by molar-refractivity contribution is 0.0950. The fraction of sp³-hybridized carbons (Fsp3) is 0.156. The van der Waals surface area contributed by atoms with E-state index < -0.39 is 0 Å². The Labute approximate surface area is 232 Å². The second kappa shape index (κ2) is 12.2. The number of ether oxygens (including phenoxy) is 3. The molecule has 2 N–H and O–H groups in total. The van der Waals surface area contributed by atoms with Crippen LogP contribution in [0.15, 0.2) is 97.3 Å². The first kappa shape index (κ1) is 26.5. The number of aromatic nitrogens is 2. The maximum atomic E-state index is 12.6. The molecule has 0 aliphatic carbocycles. The van der Waals surface area contributed by atoms with Crippen LogP contribution >= 0.6 is 0 Å². The van der Waals surface area contributed by atoms with E-state index in [1.807, 2.05) is 42.5 Å². The molecule has 40 heavy (non-hydrogen) atoms. The molecule has 0 aliphatic heterocycles. The lowest BCUT2D eigenvalue weighted by Crippen LogP contribution is -2.26. The van der Waals surface area contributed by atoms with Gasteiger partial charge in [0.2, 0.25) is 5.88 Å². The van der Waals surface area contributed by atoms with Crippen LogP contribution in [-0.4, -0.2) is 41.7 Å². The Morgan fingerprint density at radius 1 is 0.850 bits per heavy atom. The van der Waals surface area contributed by atoms with Crippen LogP contribution in [0, 0.1) is 0 Å². The summed E-state index contributed by atoms with van der Waals surface area (Å²) in [6, 6.07) is 25.9. The number of rotatable bonds is 10. The number of methoxy groups -OCH3 is 2. The number of phenols is 1. The molecule has 0 bridgehead atoms. The summed E-state index contributed by atoms with van der Waals surface area (Å²) in [5.74, 6) is 1.79. The van der Waals surface area contributed by atoms with Gasteiger partial charge in [0.15, 0.2) is 11.5 Å². The van der Waals surface area contributed by atoms with Crippen LogP contribution in [0.3, 0.4) is 0 Å². The van der Waals surface area contributed by atoms with E-state index in [-0.39, 0.29) is 23.1 Å². The van der Waals surface area contributed by atoms with Crippen molar-refractivity contribution in [1.29, 1.82) is 0 Å². The number of benzene rings is 3. The van der Waals surface area contributed by atoms with Crippen molar-refractivity contribution in [2.45, 2.75) is 12.3 Å². The highest BCUT2D eigenvalue weighted by molar-refractivity contribution is 5.96. The number of pyridine rings is 2. The Kier molecular flexibility index (Phi) is 8.06. The van der Waals surface area contributed by atoms with E-state index in [1.165, 1.54) is 6.07 Å². The molecule has 8 nitrogen and oxygen atoms in total. The first-order valence-corrected chi connectivity index (χ1v) is 12.8. The number of amides is 1. The molecule has 2 heterocycles. The molecule has 5 aromatic rings. The number of fused-ring (bicyclic) bond motifs is 1. The third kappa shape index (κ3) is 5.66. The van der Waals surface area contributed by atoms with Crippen molar-refractivity contribution in [3.8, 4) is 28.9 Å². The Morgan fingerprint density at radius 3 is 2.38 bits per heavy atom. The number of nitrogens with zero attached hydrogens (tertiary/aromatic N) is 2. The molecule has 1 unspecified atom stereocenters. The van der Waals surface area contributed by atoms with E-state index in [1.54, 1.807) is 50.9 Å². The van der Waals surface area contributed by atoms with Gasteiger partial charge in [0, 0.05) is 36.3 Å². The normalized spacial score (nSPS) is 11.6. The summed E-state index contributed by atoms with van der Waals surface area (Å²) in [7, 11) is 3.16. The van der Waals surface area contributed by atoms with Gasteiger partial charge in [0.25, 0.3) is 5.91 Å². The fourth-order valence-electron chi connectivity index (χ4n) is 4.67. The van der Waals surface area contributed by atoms with Crippen LogP contribution in [0.1, 0.15) is 33.8 Å². The number of carbonyl (C=O) groups excluding carboxylic acids is 1. The fourth-order valence-corrected chi connectivity index (χ4v) is 4.67. The summed E-state index contributed by atoms with van der Waals surface area (Å²) in [6.45, 7) is 0.416. The lowest BCUT2D eigenvalue weighted by atomic mass is 9.89. The predicted octanol–water partition coefficient (Wildman–Crippen LogP) is 6.10. The molecule has 5 rings (SSSR count). The summed E-state index contributed by atoms with van der Waals surface area (Å²) < 4.78 is 17.1. The number of nitrogens with one attached hydrogen (secondary N) is 1. The van der Waals surface area contributed by atoms with Gasteiger partial charge in [-0.2, -0.15) is 0 Å². The minimum absolute atomic E-state index is 0.00842. The van der Waals surface area contributed by atoms with Gasteiger partial charge in [-0.05, 0) is 47.9 Å². The summed E-state index contributed by atoms with van der Waals surface area (Å²) in [5.41, 5.74) is 2.98. The molecule has 0 aliphatic rings. The van der Waals surface area contributed by atoms with Crippen molar-refractivity contribution >= 4 is 16.8 Å². The van der Waals surface area contributed by atoms with Gasteiger partial charge in [-0.25, -0.2) is 4.98 Å². The average molecular weight is 536 g/mol. The summed E-state index contributed by atoms with van der Waals surface area (Å²) in [5, 5.41) is 13.7. The number of carbonyl (C=O) groups is 1. The number of hydrogen-bond donors (Lipinski definition) is 2. The second-order valence-corrected chi connectivity index (χ2v) is 9.06. The van der Waals surface area contributed by atoms with Crippen LogP contribution in [0.2, 0.25) is 0 Å². The highest BCUT2D eigenvalue weighted by atomic mass is 16.5. The van der Waals surface area contributed by atoms with E-state index in [0.29, 0.717) is 41.6 Å². The van der Waals surface area contributed by atoms with Crippen LogP contribution < -0.4 is 19.5 Å². The Hall–Kier alpha value is -5.11. The van der Waals surface area contributed by atoms with E-state index in [4.69, 9.17) is 14.2 Å². The Balaban J connectivity index is 1.34. The zero-order valence-corrected chi connectivity index (χ0v) is 22.2. The van der Waals surface area contributed by atoms with Crippen molar-refractivity contribution in [2.75, 3.05) is 20.8 Å². The number of para-hydroxylation sites is 1. The topological polar surface area (TPSA) is 103 Å². The number of aromatic hydroxyl groups is 1. The maximum absolute atomic E-state index is 12.6. The molecular formula is C32H29N3O5. The molecule has 3 aromatic carbocycles. The molecular weight excluding hydrogens is 506 g/mol. The highest BCUT2D eigenvalue weighted by Gasteiger charge is 2.18.